The first-order valence-electron chi connectivity index (χ1n) is 14.9. The van der Waals surface area contributed by atoms with Crippen molar-refractivity contribution in [2.24, 2.45) is 0 Å². The second kappa shape index (κ2) is 12.8. The van der Waals surface area contributed by atoms with E-state index in [-0.39, 0.29) is 29.5 Å². The number of nitriles is 1. The van der Waals surface area contributed by atoms with Crippen LogP contribution in [0, 0.1) is 17.1 Å². The molecule has 1 fully saturated rings. The van der Waals surface area contributed by atoms with Crippen molar-refractivity contribution in [1.29, 1.82) is 5.26 Å². The number of anilines is 1. The molecular weight excluding hydrogens is 633 g/mol. The lowest BCUT2D eigenvalue weighted by Crippen LogP contribution is -2.57. The highest BCUT2D eigenvalue weighted by Gasteiger charge is 2.36. The Bertz CT molecular complexity index is 1920. The van der Waals surface area contributed by atoms with E-state index >= 15 is 0 Å². The van der Waals surface area contributed by atoms with Crippen LogP contribution in [0.2, 0.25) is 0 Å². The zero-order valence-electron chi connectivity index (χ0n) is 25.3. The van der Waals surface area contributed by atoms with Gasteiger partial charge in [-0.1, -0.05) is 36.4 Å². The van der Waals surface area contributed by atoms with Crippen LogP contribution >= 0.6 is 15.9 Å². The maximum absolute atomic E-state index is 13.9. The van der Waals surface area contributed by atoms with Gasteiger partial charge < -0.3 is 14.2 Å². The standard InChI is InChI=1S/C36H33BrFN5O2/c1-23-21-42(36(28-10-12-29(38)13-11-28)27-8-4-25(19-39)5-9-27)24(2)20-41(23)32-18-34(44)43(31-16-17-33(37)40-35(31)32)22-26-6-14-30(45-3)15-7-26/h4-18,23-24,36H,20-22H2,1-3H3/t23-,24+,36?/m0/s1. The topological polar surface area (TPSA) is 74.4 Å². The lowest BCUT2D eigenvalue weighted by Gasteiger charge is -2.48. The van der Waals surface area contributed by atoms with E-state index in [1.165, 1.54) is 12.1 Å². The van der Waals surface area contributed by atoms with E-state index in [1.54, 1.807) is 17.7 Å². The van der Waals surface area contributed by atoms with Gasteiger partial charge in [0.25, 0.3) is 5.56 Å². The van der Waals surface area contributed by atoms with Gasteiger partial charge in [0.05, 0.1) is 42.5 Å². The normalized spacial score (nSPS) is 17.6. The molecule has 3 aromatic carbocycles. The molecule has 1 aliphatic heterocycles. The Kier molecular flexibility index (Phi) is 8.70. The molecule has 2 aromatic heterocycles. The Morgan fingerprint density at radius 1 is 0.956 bits per heavy atom. The fourth-order valence-electron chi connectivity index (χ4n) is 6.32. The smallest absolute Gasteiger partial charge is 0.253 e. The number of piperazine rings is 1. The van der Waals surface area contributed by atoms with Gasteiger partial charge >= 0.3 is 0 Å². The predicted octanol–water partition coefficient (Wildman–Crippen LogP) is 6.92. The number of benzene rings is 3. The van der Waals surface area contributed by atoms with Crippen molar-refractivity contribution in [2.75, 3.05) is 25.1 Å². The van der Waals surface area contributed by atoms with Crippen LogP contribution in [0.1, 0.15) is 42.1 Å². The van der Waals surface area contributed by atoms with E-state index in [9.17, 15) is 14.4 Å². The molecule has 1 aliphatic rings. The molecule has 1 unspecified atom stereocenters. The number of hydrogen-bond donors (Lipinski definition) is 0. The molecule has 45 heavy (non-hydrogen) atoms. The van der Waals surface area contributed by atoms with E-state index in [2.05, 4.69) is 45.6 Å². The molecule has 0 aliphatic carbocycles. The number of rotatable bonds is 7. The number of ether oxygens (including phenoxy) is 1. The van der Waals surface area contributed by atoms with Crippen molar-refractivity contribution in [2.45, 2.75) is 38.5 Å². The molecule has 0 saturated carbocycles. The van der Waals surface area contributed by atoms with Gasteiger partial charge in [-0.3, -0.25) is 9.69 Å². The molecule has 6 rings (SSSR count). The zero-order valence-corrected chi connectivity index (χ0v) is 26.9. The van der Waals surface area contributed by atoms with Crippen molar-refractivity contribution in [1.82, 2.24) is 14.5 Å². The lowest BCUT2D eigenvalue weighted by molar-refractivity contribution is 0.130. The number of aromatic nitrogens is 2. The number of pyridine rings is 2. The third-order valence-electron chi connectivity index (χ3n) is 8.62. The van der Waals surface area contributed by atoms with Gasteiger partial charge in [0.2, 0.25) is 0 Å². The Morgan fingerprint density at radius 2 is 1.62 bits per heavy atom. The summed E-state index contributed by atoms with van der Waals surface area (Å²) in [7, 11) is 1.63. The molecule has 0 spiro atoms. The highest BCUT2D eigenvalue weighted by atomic mass is 79.9. The van der Waals surface area contributed by atoms with Crippen molar-refractivity contribution in [3.8, 4) is 11.8 Å². The van der Waals surface area contributed by atoms with E-state index in [0.717, 1.165) is 39.2 Å². The highest BCUT2D eigenvalue weighted by molar-refractivity contribution is 9.10. The Morgan fingerprint density at radius 3 is 2.27 bits per heavy atom. The first kappa shape index (κ1) is 30.5. The van der Waals surface area contributed by atoms with Crippen LogP contribution in [0.4, 0.5) is 10.1 Å². The van der Waals surface area contributed by atoms with Crippen molar-refractivity contribution >= 4 is 32.7 Å². The third kappa shape index (κ3) is 6.21. The van der Waals surface area contributed by atoms with Gasteiger partial charge in [-0.05, 0) is 95.0 Å². The van der Waals surface area contributed by atoms with Crippen LogP contribution in [0.3, 0.4) is 0 Å². The second-order valence-corrected chi connectivity index (χ2v) is 12.4. The number of halogens is 2. The van der Waals surface area contributed by atoms with Crippen molar-refractivity contribution in [3.05, 3.63) is 134 Å². The lowest BCUT2D eigenvalue weighted by atomic mass is 9.93. The molecule has 3 heterocycles. The molecule has 5 aromatic rings. The second-order valence-electron chi connectivity index (χ2n) is 11.5. The van der Waals surface area contributed by atoms with Gasteiger partial charge in [0.1, 0.15) is 21.7 Å². The molecule has 0 radical (unpaired) electrons. The van der Waals surface area contributed by atoms with E-state index < -0.39 is 0 Å². The van der Waals surface area contributed by atoms with Crippen LogP contribution in [-0.4, -0.2) is 46.7 Å². The minimum atomic E-state index is -0.282. The summed E-state index contributed by atoms with van der Waals surface area (Å²) in [6.07, 6.45) is 0. The largest absolute Gasteiger partial charge is 0.497 e. The summed E-state index contributed by atoms with van der Waals surface area (Å²) in [6, 6.07) is 29.7. The molecule has 9 heteroatoms. The predicted molar refractivity (Wildman–Crippen MR) is 178 cm³/mol. The molecule has 0 N–H and O–H groups in total. The summed E-state index contributed by atoms with van der Waals surface area (Å²) < 4.78 is 21.7. The first-order chi connectivity index (χ1) is 21.7. The maximum atomic E-state index is 13.9. The molecular formula is C36H33BrFN5O2. The third-order valence-corrected chi connectivity index (χ3v) is 9.06. The number of methoxy groups -OCH3 is 1. The number of hydrogen-bond acceptors (Lipinski definition) is 6. The average Bonchev–Trinajstić information content (AvgIpc) is 3.05. The molecule has 7 nitrogen and oxygen atoms in total. The molecule has 0 amide bonds. The monoisotopic (exact) mass is 665 g/mol. The van der Waals surface area contributed by atoms with Crippen molar-refractivity contribution < 1.29 is 9.13 Å². The Hall–Kier alpha value is -4.52. The summed E-state index contributed by atoms with van der Waals surface area (Å²) in [5.74, 6) is 0.482. The number of fused-ring (bicyclic) bond motifs is 1. The van der Waals surface area contributed by atoms with Gasteiger partial charge in [-0.15, -0.1) is 0 Å². The van der Waals surface area contributed by atoms with Gasteiger partial charge in [0, 0.05) is 31.2 Å². The molecule has 3 atom stereocenters. The molecule has 0 bridgehead atoms. The summed E-state index contributed by atoms with van der Waals surface area (Å²) in [4.78, 5) is 23.3. The van der Waals surface area contributed by atoms with Crippen LogP contribution in [-0.2, 0) is 6.54 Å². The fourth-order valence-corrected chi connectivity index (χ4v) is 6.63. The van der Waals surface area contributed by atoms with E-state index in [0.29, 0.717) is 29.8 Å². The average molecular weight is 667 g/mol. The Balaban J connectivity index is 1.36. The summed E-state index contributed by atoms with van der Waals surface area (Å²) >= 11 is 3.55. The van der Waals surface area contributed by atoms with Gasteiger partial charge in [-0.25, -0.2) is 9.37 Å². The maximum Gasteiger partial charge on any atom is 0.253 e. The van der Waals surface area contributed by atoms with Crippen LogP contribution < -0.4 is 15.2 Å². The van der Waals surface area contributed by atoms with Crippen LogP contribution in [0.15, 0.2) is 100 Å². The van der Waals surface area contributed by atoms with E-state index in [1.807, 2.05) is 72.8 Å². The first-order valence-corrected chi connectivity index (χ1v) is 15.7. The minimum absolute atomic E-state index is 0.0309. The van der Waals surface area contributed by atoms with Crippen LogP contribution in [0.25, 0.3) is 11.0 Å². The highest BCUT2D eigenvalue weighted by Crippen LogP contribution is 2.36. The summed E-state index contributed by atoms with van der Waals surface area (Å²) in [6.45, 7) is 6.09. The quantitative estimate of drug-likeness (QED) is 0.176. The zero-order chi connectivity index (χ0) is 31.7. The minimum Gasteiger partial charge on any atom is -0.497 e. The molecule has 1 saturated heterocycles. The summed E-state index contributed by atoms with van der Waals surface area (Å²) in [5.41, 5.74) is 5.82. The van der Waals surface area contributed by atoms with Gasteiger partial charge in [0.15, 0.2) is 0 Å². The summed E-state index contributed by atoms with van der Waals surface area (Å²) in [5, 5.41) is 9.36. The van der Waals surface area contributed by atoms with Gasteiger partial charge in [-0.2, -0.15) is 5.26 Å². The van der Waals surface area contributed by atoms with Crippen LogP contribution in [0.5, 0.6) is 5.75 Å². The fraction of sp³-hybridized carbons (Fsp3) is 0.250. The Labute approximate surface area is 270 Å². The van der Waals surface area contributed by atoms with Crippen molar-refractivity contribution in [3.63, 3.8) is 0 Å². The number of nitrogens with zero attached hydrogens (tertiary/aromatic N) is 5. The van der Waals surface area contributed by atoms with E-state index in [4.69, 9.17) is 9.72 Å². The SMILES string of the molecule is COc1ccc(Cn2c(=O)cc(N3C[C@@H](C)N(C(c4ccc(F)cc4)c4ccc(C#N)cc4)C[C@@H]3C)c3nc(Br)ccc32)cc1. The molecule has 228 valence electrons.